The van der Waals surface area contributed by atoms with Gasteiger partial charge in [0.15, 0.2) is 0 Å². The fourth-order valence-corrected chi connectivity index (χ4v) is 3.75. The Bertz CT molecular complexity index is 970. The Hall–Kier alpha value is -2.05. The molecule has 0 fully saturated rings. The fourth-order valence-electron chi connectivity index (χ4n) is 2.09. The van der Waals surface area contributed by atoms with Gasteiger partial charge in [-0.15, -0.1) is 11.3 Å². The van der Waals surface area contributed by atoms with Gasteiger partial charge in [-0.05, 0) is 42.5 Å². The first-order valence-electron chi connectivity index (χ1n) is 7.27. The molecular weight excluding hydrogens is 417 g/mol. The number of ether oxygens (including phenoxy) is 1. The molecule has 1 heterocycles. The van der Waals surface area contributed by atoms with Gasteiger partial charge >= 0.3 is 5.97 Å². The van der Waals surface area contributed by atoms with Gasteiger partial charge in [0, 0.05) is 5.69 Å². The molecule has 0 saturated carbocycles. The van der Waals surface area contributed by atoms with Crippen molar-refractivity contribution in [2.75, 3.05) is 5.32 Å². The summed E-state index contributed by atoms with van der Waals surface area (Å²) in [7, 11) is 0. The standard InChI is InChI=1S/C18H10Cl3NO3S/c19-14-4-2-1-3-12(14)17(23)22-10-5-7-11(8-6-10)25-18(24)13-9-15(20)26-16(13)21/h1-9H,(H,22,23). The minimum atomic E-state index is -0.606. The molecule has 3 rings (SSSR count). The van der Waals surface area contributed by atoms with Crippen molar-refractivity contribution in [3.8, 4) is 5.75 Å². The molecule has 0 aliphatic carbocycles. The van der Waals surface area contributed by atoms with E-state index in [1.807, 2.05) is 0 Å². The quantitative estimate of drug-likeness (QED) is 0.400. The number of anilines is 1. The summed E-state index contributed by atoms with van der Waals surface area (Å²) < 4.78 is 5.92. The molecule has 0 aliphatic rings. The molecule has 132 valence electrons. The first kappa shape index (κ1) is 18.7. The molecule has 26 heavy (non-hydrogen) atoms. The summed E-state index contributed by atoms with van der Waals surface area (Å²) in [6.07, 6.45) is 0. The third-order valence-electron chi connectivity index (χ3n) is 3.32. The highest BCUT2D eigenvalue weighted by Crippen LogP contribution is 2.32. The first-order valence-corrected chi connectivity index (χ1v) is 9.22. The second-order valence-corrected chi connectivity index (χ2v) is 7.78. The summed E-state index contributed by atoms with van der Waals surface area (Å²) in [4.78, 5) is 24.3. The number of esters is 1. The largest absolute Gasteiger partial charge is 0.423 e. The van der Waals surface area contributed by atoms with E-state index >= 15 is 0 Å². The normalized spacial score (nSPS) is 10.4. The van der Waals surface area contributed by atoms with E-state index in [-0.39, 0.29) is 15.8 Å². The van der Waals surface area contributed by atoms with Crippen molar-refractivity contribution in [1.29, 1.82) is 0 Å². The van der Waals surface area contributed by atoms with Crippen LogP contribution in [0.25, 0.3) is 0 Å². The molecule has 8 heteroatoms. The fraction of sp³-hybridized carbons (Fsp3) is 0. The number of nitrogens with one attached hydrogen (secondary N) is 1. The molecule has 1 aromatic heterocycles. The molecule has 1 amide bonds. The minimum Gasteiger partial charge on any atom is -0.423 e. The van der Waals surface area contributed by atoms with E-state index in [0.29, 0.717) is 26.4 Å². The Morgan fingerprint density at radius 1 is 0.923 bits per heavy atom. The zero-order valence-electron chi connectivity index (χ0n) is 13.0. The van der Waals surface area contributed by atoms with Crippen molar-refractivity contribution in [2.24, 2.45) is 0 Å². The third-order valence-corrected chi connectivity index (χ3v) is 5.14. The number of hydrogen-bond donors (Lipinski definition) is 1. The van der Waals surface area contributed by atoms with Crippen molar-refractivity contribution >= 4 is 63.7 Å². The molecule has 3 aromatic rings. The lowest BCUT2D eigenvalue weighted by molar-refractivity contribution is 0.0735. The van der Waals surface area contributed by atoms with Gasteiger partial charge in [-0.25, -0.2) is 4.79 Å². The third kappa shape index (κ3) is 4.37. The SMILES string of the molecule is O=C(Nc1ccc(OC(=O)c2cc(Cl)sc2Cl)cc1)c1ccccc1Cl. The Morgan fingerprint density at radius 2 is 1.62 bits per heavy atom. The van der Waals surface area contributed by atoms with Crippen LogP contribution >= 0.6 is 46.1 Å². The van der Waals surface area contributed by atoms with Gasteiger partial charge in [0.05, 0.1) is 20.5 Å². The van der Waals surface area contributed by atoms with Crippen LogP contribution in [0, 0.1) is 0 Å². The van der Waals surface area contributed by atoms with Crippen LogP contribution < -0.4 is 10.1 Å². The lowest BCUT2D eigenvalue weighted by atomic mass is 10.2. The summed E-state index contributed by atoms with van der Waals surface area (Å²) in [5.74, 6) is -0.629. The number of rotatable bonds is 4. The van der Waals surface area contributed by atoms with Gasteiger partial charge < -0.3 is 10.1 Å². The molecule has 0 saturated heterocycles. The summed E-state index contributed by atoms with van der Waals surface area (Å²) >= 11 is 18.8. The van der Waals surface area contributed by atoms with Gasteiger partial charge in [0.1, 0.15) is 10.1 Å². The number of amides is 1. The maximum atomic E-state index is 12.2. The van der Waals surface area contributed by atoms with Crippen molar-refractivity contribution < 1.29 is 14.3 Å². The molecule has 0 atom stereocenters. The zero-order valence-corrected chi connectivity index (χ0v) is 16.0. The zero-order chi connectivity index (χ0) is 18.7. The monoisotopic (exact) mass is 425 g/mol. The highest BCUT2D eigenvalue weighted by atomic mass is 35.5. The molecule has 0 spiro atoms. The van der Waals surface area contributed by atoms with Crippen LogP contribution in [0.15, 0.2) is 54.6 Å². The van der Waals surface area contributed by atoms with E-state index in [9.17, 15) is 9.59 Å². The molecule has 0 unspecified atom stereocenters. The smallest absolute Gasteiger partial charge is 0.345 e. The summed E-state index contributed by atoms with van der Waals surface area (Å²) in [6, 6.07) is 14.5. The lowest BCUT2D eigenvalue weighted by Crippen LogP contribution is -2.12. The molecule has 1 N–H and O–H groups in total. The first-order chi connectivity index (χ1) is 12.4. The number of hydrogen-bond acceptors (Lipinski definition) is 4. The van der Waals surface area contributed by atoms with Gasteiger partial charge in [-0.3, -0.25) is 4.79 Å². The Morgan fingerprint density at radius 3 is 2.23 bits per heavy atom. The minimum absolute atomic E-state index is 0.206. The van der Waals surface area contributed by atoms with Crippen molar-refractivity contribution in [3.63, 3.8) is 0 Å². The van der Waals surface area contributed by atoms with Crippen LogP contribution in [0.3, 0.4) is 0 Å². The van der Waals surface area contributed by atoms with E-state index < -0.39 is 5.97 Å². The Balaban J connectivity index is 1.67. The van der Waals surface area contributed by atoms with Crippen molar-refractivity contribution in [2.45, 2.75) is 0 Å². The predicted octanol–water partition coefficient (Wildman–Crippen LogP) is 6.18. The van der Waals surface area contributed by atoms with E-state index in [1.165, 1.54) is 6.07 Å². The predicted molar refractivity (Wildman–Crippen MR) is 105 cm³/mol. The molecule has 4 nitrogen and oxygen atoms in total. The van der Waals surface area contributed by atoms with Gasteiger partial charge in [-0.2, -0.15) is 0 Å². The van der Waals surface area contributed by atoms with E-state index in [2.05, 4.69) is 5.32 Å². The molecule has 0 bridgehead atoms. The van der Waals surface area contributed by atoms with Crippen molar-refractivity contribution in [1.82, 2.24) is 0 Å². The number of carbonyl (C=O) groups is 2. The lowest BCUT2D eigenvalue weighted by Gasteiger charge is -2.08. The number of benzene rings is 2. The van der Waals surface area contributed by atoms with Gasteiger partial charge in [-0.1, -0.05) is 46.9 Å². The topological polar surface area (TPSA) is 55.4 Å². The Labute approximate surface area is 168 Å². The maximum absolute atomic E-state index is 12.2. The van der Waals surface area contributed by atoms with Crippen LogP contribution in [0.4, 0.5) is 5.69 Å². The Kier molecular flexibility index (Phi) is 5.84. The highest BCUT2D eigenvalue weighted by molar-refractivity contribution is 7.20. The number of halogens is 3. The van der Waals surface area contributed by atoms with Crippen LogP contribution in [0.5, 0.6) is 5.75 Å². The van der Waals surface area contributed by atoms with Crippen LogP contribution in [0.2, 0.25) is 13.7 Å². The maximum Gasteiger partial charge on any atom is 0.345 e. The summed E-state index contributed by atoms with van der Waals surface area (Å²) in [6.45, 7) is 0. The second kappa shape index (κ2) is 8.10. The van der Waals surface area contributed by atoms with E-state index in [4.69, 9.17) is 39.5 Å². The van der Waals surface area contributed by atoms with E-state index in [1.54, 1.807) is 48.5 Å². The summed E-state index contributed by atoms with van der Waals surface area (Å²) in [5.41, 5.74) is 1.11. The molecule has 0 aliphatic heterocycles. The number of carbonyl (C=O) groups excluding carboxylic acids is 2. The van der Waals surface area contributed by atoms with Crippen LogP contribution in [-0.4, -0.2) is 11.9 Å². The van der Waals surface area contributed by atoms with E-state index in [0.717, 1.165) is 11.3 Å². The average Bonchev–Trinajstić information content (AvgIpc) is 2.95. The second-order valence-electron chi connectivity index (χ2n) is 5.09. The highest BCUT2D eigenvalue weighted by Gasteiger charge is 2.16. The van der Waals surface area contributed by atoms with Crippen LogP contribution in [0.1, 0.15) is 20.7 Å². The van der Waals surface area contributed by atoms with Crippen LogP contribution in [-0.2, 0) is 0 Å². The molecule has 0 radical (unpaired) electrons. The summed E-state index contributed by atoms with van der Waals surface area (Å²) in [5, 5.41) is 3.09. The van der Waals surface area contributed by atoms with Gasteiger partial charge in [0.2, 0.25) is 0 Å². The molecule has 2 aromatic carbocycles. The van der Waals surface area contributed by atoms with Crippen molar-refractivity contribution in [3.05, 3.63) is 79.4 Å². The molecular formula is C18H10Cl3NO3S. The number of thiophene rings is 1. The average molecular weight is 427 g/mol. The van der Waals surface area contributed by atoms with Gasteiger partial charge in [0.25, 0.3) is 5.91 Å².